The minimum Gasteiger partial charge on any atom is -0.355 e. The summed E-state index contributed by atoms with van der Waals surface area (Å²) in [5, 5.41) is 10.1. The van der Waals surface area contributed by atoms with Crippen LogP contribution >= 0.6 is 0 Å². The lowest BCUT2D eigenvalue weighted by molar-refractivity contribution is -0.187. The average Bonchev–Trinajstić information content (AvgIpc) is 2.60. The van der Waals surface area contributed by atoms with Gasteiger partial charge in [0.2, 0.25) is 5.95 Å². The number of hydrogen-bond donors (Lipinski definition) is 2. The number of halogens is 3. The van der Waals surface area contributed by atoms with Crippen LogP contribution in [0.1, 0.15) is 26.6 Å². The minimum absolute atomic E-state index is 0.288. The van der Waals surface area contributed by atoms with Crippen LogP contribution in [0.2, 0.25) is 0 Å². The summed E-state index contributed by atoms with van der Waals surface area (Å²) in [4.78, 5) is 0. The summed E-state index contributed by atoms with van der Waals surface area (Å²) >= 11 is 0. The molecule has 0 saturated heterocycles. The Morgan fingerprint density at radius 1 is 1.29 bits per heavy atom. The Morgan fingerprint density at radius 3 is 2.29 bits per heavy atom. The Morgan fingerprint density at radius 2 is 1.88 bits per heavy atom. The molecule has 1 heterocycles. The molecule has 1 rings (SSSR count). The molecule has 0 aliphatic carbocycles. The summed E-state index contributed by atoms with van der Waals surface area (Å²) in [6, 6.07) is 0. The van der Waals surface area contributed by atoms with Crippen molar-refractivity contribution < 1.29 is 13.2 Å². The van der Waals surface area contributed by atoms with Crippen LogP contribution in [-0.2, 0) is 12.1 Å². The molecule has 1 aromatic rings. The van der Waals surface area contributed by atoms with Crippen LogP contribution in [-0.4, -0.2) is 27.5 Å². The van der Waals surface area contributed by atoms with Crippen LogP contribution in [0.25, 0.3) is 0 Å². The van der Waals surface area contributed by atoms with Crippen molar-refractivity contribution in [2.45, 2.75) is 39.0 Å². The van der Waals surface area contributed by atoms with E-state index >= 15 is 0 Å². The van der Waals surface area contributed by atoms with Gasteiger partial charge in [-0.1, -0.05) is 0 Å². The molecule has 0 radical (unpaired) electrons. The lowest BCUT2D eigenvalue weighted by atomic mass is 10.0. The maximum absolute atomic E-state index is 12.8. The van der Waals surface area contributed by atoms with E-state index in [4.69, 9.17) is 5.73 Å². The van der Waals surface area contributed by atoms with Crippen molar-refractivity contribution >= 4 is 5.95 Å². The molecule has 0 spiro atoms. The second-order valence-electron chi connectivity index (χ2n) is 3.82. The van der Waals surface area contributed by atoms with E-state index in [-0.39, 0.29) is 5.82 Å². The fraction of sp³-hybridized carbons (Fsp3) is 0.778. The lowest BCUT2D eigenvalue weighted by Gasteiger charge is -2.26. The first-order chi connectivity index (χ1) is 7.75. The summed E-state index contributed by atoms with van der Waals surface area (Å²) in [5.41, 5.74) is 2.81. The monoisotopic (exact) mass is 251 g/mol. The molecule has 1 aromatic heterocycles. The Bertz CT molecular complexity index is 382. The van der Waals surface area contributed by atoms with E-state index in [2.05, 4.69) is 15.5 Å². The number of nitrogens with two attached hydrogens (primary N) is 1. The van der Waals surface area contributed by atoms with Crippen molar-refractivity contribution in [2.75, 3.05) is 11.9 Å². The van der Waals surface area contributed by atoms with Crippen molar-refractivity contribution in [3.8, 4) is 0 Å². The van der Waals surface area contributed by atoms with Crippen molar-refractivity contribution in [1.82, 2.24) is 14.8 Å². The van der Waals surface area contributed by atoms with Gasteiger partial charge in [0, 0.05) is 13.1 Å². The average molecular weight is 251 g/mol. The molecule has 98 valence electrons. The van der Waals surface area contributed by atoms with E-state index in [0.29, 0.717) is 19.0 Å². The van der Waals surface area contributed by atoms with Crippen molar-refractivity contribution in [3.05, 3.63) is 5.82 Å². The van der Waals surface area contributed by atoms with E-state index < -0.39 is 11.7 Å². The zero-order valence-corrected chi connectivity index (χ0v) is 9.97. The molecule has 8 heteroatoms. The highest BCUT2D eigenvalue weighted by Crippen LogP contribution is 2.36. The fourth-order valence-electron chi connectivity index (χ4n) is 1.40. The third-order valence-corrected chi connectivity index (χ3v) is 2.46. The molecule has 0 fully saturated rings. The topological polar surface area (TPSA) is 68.8 Å². The largest absolute Gasteiger partial charge is 0.413 e. The third kappa shape index (κ3) is 2.36. The van der Waals surface area contributed by atoms with Gasteiger partial charge < -0.3 is 11.1 Å². The van der Waals surface area contributed by atoms with Crippen LogP contribution in [0.15, 0.2) is 0 Å². The Labute approximate surface area is 97.2 Å². The smallest absolute Gasteiger partial charge is 0.355 e. The molecule has 17 heavy (non-hydrogen) atoms. The number of hydrogen-bond acceptors (Lipinski definition) is 4. The number of nitrogens with one attached hydrogen (secondary N) is 1. The molecule has 0 amide bonds. The minimum atomic E-state index is -4.57. The van der Waals surface area contributed by atoms with Gasteiger partial charge in [-0.15, -0.1) is 10.2 Å². The molecule has 5 nitrogen and oxygen atoms in total. The second-order valence-corrected chi connectivity index (χ2v) is 3.82. The number of aromatic nitrogens is 3. The first-order valence-electron chi connectivity index (χ1n) is 5.28. The maximum Gasteiger partial charge on any atom is 0.413 e. The maximum atomic E-state index is 12.8. The molecule has 0 bridgehead atoms. The molecular weight excluding hydrogens is 235 g/mol. The number of alkyl halides is 3. The Balaban J connectivity index is 3.23. The quantitative estimate of drug-likeness (QED) is 0.850. The number of rotatable bonds is 4. The van der Waals surface area contributed by atoms with Crippen LogP contribution < -0.4 is 11.1 Å². The molecule has 1 unspecified atom stereocenters. The van der Waals surface area contributed by atoms with E-state index in [1.807, 2.05) is 6.92 Å². The van der Waals surface area contributed by atoms with Gasteiger partial charge in [0.25, 0.3) is 0 Å². The van der Waals surface area contributed by atoms with Crippen LogP contribution in [0.4, 0.5) is 19.1 Å². The summed E-state index contributed by atoms with van der Waals surface area (Å²) in [5.74, 6) is 0.00868. The first-order valence-corrected chi connectivity index (χ1v) is 5.28. The SMILES string of the molecule is CCNc1nnc(C(C)(N)C(F)(F)F)n1CC. The molecule has 0 saturated carbocycles. The molecule has 0 aromatic carbocycles. The molecular formula is C9H16F3N5. The Kier molecular flexibility index (Phi) is 3.65. The van der Waals surface area contributed by atoms with Gasteiger partial charge in [-0.05, 0) is 20.8 Å². The second kappa shape index (κ2) is 4.52. The lowest BCUT2D eigenvalue weighted by Crippen LogP contribution is -2.49. The summed E-state index contributed by atoms with van der Waals surface area (Å²) in [6.07, 6.45) is -4.57. The third-order valence-electron chi connectivity index (χ3n) is 2.46. The van der Waals surface area contributed by atoms with Gasteiger partial charge in [0.1, 0.15) is 0 Å². The summed E-state index contributed by atoms with van der Waals surface area (Å²) < 4.78 is 39.7. The van der Waals surface area contributed by atoms with Gasteiger partial charge in [0.15, 0.2) is 11.4 Å². The van der Waals surface area contributed by atoms with E-state index in [0.717, 1.165) is 6.92 Å². The summed E-state index contributed by atoms with van der Waals surface area (Å²) in [6.45, 7) is 5.28. The molecule has 3 N–H and O–H groups in total. The molecule has 0 aliphatic rings. The van der Waals surface area contributed by atoms with E-state index in [1.54, 1.807) is 6.92 Å². The molecule has 1 atom stereocenters. The normalized spacial score (nSPS) is 15.7. The van der Waals surface area contributed by atoms with Gasteiger partial charge in [-0.2, -0.15) is 13.2 Å². The standard InChI is InChI=1S/C9H16F3N5/c1-4-14-7-16-15-6(17(7)5-2)8(3,13)9(10,11)12/h4-5,13H2,1-3H3,(H,14,16). The Hall–Kier alpha value is -1.31. The highest BCUT2D eigenvalue weighted by atomic mass is 19.4. The van der Waals surface area contributed by atoms with Gasteiger partial charge in [-0.3, -0.25) is 4.57 Å². The zero-order valence-electron chi connectivity index (χ0n) is 9.97. The predicted octanol–water partition coefficient (Wildman–Crippen LogP) is 1.47. The van der Waals surface area contributed by atoms with Crippen LogP contribution in [0.3, 0.4) is 0 Å². The van der Waals surface area contributed by atoms with E-state index in [9.17, 15) is 13.2 Å². The van der Waals surface area contributed by atoms with E-state index in [1.165, 1.54) is 4.57 Å². The predicted molar refractivity (Wildman–Crippen MR) is 57.5 cm³/mol. The van der Waals surface area contributed by atoms with Gasteiger partial charge >= 0.3 is 6.18 Å². The zero-order chi connectivity index (χ0) is 13.3. The van der Waals surface area contributed by atoms with Gasteiger partial charge in [0.05, 0.1) is 0 Å². The highest BCUT2D eigenvalue weighted by molar-refractivity contribution is 5.28. The fourth-order valence-corrected chi connectivity index (χ4v) is 1.40. The number of anilines is 1. The van der Waals surface area contributed by atoms with Crippen LogP contribution in [0.5, 0.6) is 0 Å². The van der Waals surface area contributed by atoms with Gasteiger partial charge in [-0.25, -0.2) is 0 Å². The molecule has 0 aliphatic heterocycles. The number of nitrogens with zero attached hydrogens (tertiary/aromatic N) is 3. The first kappa shape index (κ1) is 13.8. The summed E-state index contributed by atoms with van der Waals surface area (Å²) in [7, 11) is 0. The van der Waals surface area contributed by atoms with Crippen molar-refractivity contribution in [3.63, 3.8) is 0 Å². The highest BCUT2D eigenvalue weighted by Gasteiger charge is 2.52. The van der Waals surface area contributed by atoms with Crippen molar-refractivity contribution in [1.29, 1.82) is 0 Å². The van der Waals surface area contributed by atoms with Crippen LogP contribution in [0, 0.1) is 0 Å². The van der Waals surface area contributed by atoms with Crippen molar-refractivity contribution in [2.24, 2.45) is 5.73 Å².